The quantitative estimate of drug-likeness (QED) is 0.317. The van der Waals surface area contributed by atoms with Crippen molar-refractivity contribution in [1.82, 2.24) is 6.15 Å². The first-order chi connectivity index (χ1) is 9.77. The second-order valence-corrected chi connectivity index (χ2v) is 6.07. The molecule has 0 aromatic carbocycles. The summed E-state index contributed by atoms with van der Waals surface area (Å²) in [5, 5.41) is 10.2. The zero-order valence-electron chi connectivity index (χ0n) is 15.3. The van der Waals surface area contributed by atoms with Gasteiger partial charge in [-0.25, -0.2) is 0 Å². The van der Waals surface area contributed by atoms with Crippen molar-refractivity contribution in [1.29, 1.82) is 0 Å². The van der Waals surface area contributed by atoms with E-state index in [1.54, 1.807) is 0 Å². The van der Waals surface area contributed by atoms with Gasteiger partial charge in [0.1, 0.15) is 0 Å². The number of aliphatic carboxylic acids is 1. The first-order valence-electron chi connectivity index (χ1n) is 8.97. The second-order valence-electron chi connectivity index (χ2n) is 6.07. The first kappa shape index (κ1) is 27.5. The van der Waals surface area contributed by atoms with Crippen molar-refractivity contribution in [3.8, 4) is 0 Å². The van der Waals surface area contributed by atoms with Crippen LogP contribution >= 0.6 is 0 Å². The molecule has 0 aliphatic carbocycles. The Morgan fingerprint density at radius 2 is 0.909 bits per heavy atom. The van der Waals surface area contributed by atoms with Crippen LogP contribution in [0.1, 0.15) is 110 Å². The van der Waals surface area contributed by atoms with Gasteiger partial charge in [-0.3, -0.25) is 0 Å². The predicted molar refractivity (Wildman–Crippen MR) is 96.3 cm³/mol. The van der Waals surface area contributed by atoms with Crippen LogP contribution in [-0.2, 0) is 4.79 Å². The van der Waals surface area contributed by atoms with Gasteiger partial charge in [-0.05, 0) is 12.8 Å². The third-order valence-electron chi connectivity index (χ3n) is 3.98. The molecule has 0 aliphatic rings. The van der Waals surface area contributed by atoms with Gasteiger partial charge in [-0.15, -0.1) is 0 Å². The number of carboxylic acid groups (broad SMARTS) is 1. The van der Waals surface area contributed by atoms with Crippen LogP contribution in [0.5, 0.6) is 0 Å². The van der Waals surface area contributed by atoms with Crippen LogP contribution in [0.4, 0.5) is 0 Å². The summed E-state index contributed by atoms with van der Waals surface area (Å²) in [4.78, 5) is 10.2. The molecule has 0 saturated carbocycles. The Bertz CT molecular complexity index is 213. The fourth-order valence-electron chi connectivity index (χ4n) is 2.64. The fourth-order valence-corrected chi connectivity index (χ4v) is 2.64. The van der Waals surface area contributed by atoms with E-state index in [0.29, 0.717) is 0 Å². The summed E-state index contributed by atoms with van der Waals surface area (Å²) in [6.45, 7) is 2.27. The zero-order valence-corrected chi connectivity index (χ0v) is 17.5. The molecule has 0 aromatic heterocycles. The van der Waals surface area contributed by atoms with Gasteiger partial charge in [-0.1, -0.05) is 96.8 Å². The van der Waals surface area contributed by atoms with Crippen molar-refractivity contribution in [3.63, 3.8) is 0 Å². The minimum absolute atomic E-state index is 0. The van der Waals surface area contributed by atoms with Crippen molar-refractivity contribution in [2.75, 3.05) is 0 Å². The van der Waals surface area contributed by atoms with Crippen molar-refractivity contribution in [2.24, 2.45) is 0 Å². The average molecular weight is 342 g/mol. The maximum Gasteiger partial charge on any atom is 0.0414 e. The Morgan fingerprint density at radius 1 is 0.636 bits per heavy atom. The number of hydrogen-bond acceptors (Lipinski definition) is 2. The second kappa shape index (κ2) is 23.9. The summed E-state index contributed by atoms with van der Waals surface area (Å²) in [5.41, 5.74) is 0. The number of carbonyl (C=O) groups is 1. The zero-order chi connectivity index (χ0) is 14.9. The van der Waals surface area contributed by atoms with E-state index in [9.17, 15) is 9.90 Å². The summed E-state index contributed by atoms with van der Waals surface area (Å²) < 4.78 is 0. The molecule has 0 atom stereocenters. The van der Waals surface area contributed by atoms with E-state index in [1.807, 2.05) is 0 Å². The molecule has 0 heterocycles. The van der Waals surface area contributed by atoms with Gasteiger partial charge in [0, 0.05) is 43.7 Å². The van der Waals surface area contributed by atoms with Gasteiger partial charge >= 0.3 is 0 Å². The molecular formula is C18H39CaNO2. The molecule has 0 rings (SSSR count). The maximum atomic E-state index is 10.2. The third kappa shape index (κ3) is 25.6. The molecule has 0 spiro atoms. The number of carbonyl (C=O) groups excluding carboxylic acids is 1. The average Bonchev–Trinajstić information content (AvgIpc) is 2.43. The normalized spacial score (nSPS) is 9.86. The molecule has 130 valence electrons. The van der Waals surface area contributed by atoms with Crippen molar-refractivity contribution >= 4 is 43.7 Å². The number of hydrogen-bond donors (Lipinski definition) is 1. The number of unbranched alkanes of at least 4 members (excludes halogenated alkanes) is 14. The Hall–Kier alpha value is 0.690. The largest absolute Gasteiger partial charge is 0.550 e. The Kier molecular flexibility index (Phi) is 30.0. The van der Waals surface area contributed by atoms with E-state index in [0.717, 1.165) is 12.8 Å². The van der Waals surface area contributed by atoms with Crippen LogP contribution in [0.3, 0.4) is 0 Å². The standard InChI is InChI=1S/C18H36O2.Ca.H3N/c1-2-3-4-5-6-7-8-9-10-11-12-13-14-15-16-17-18(19)20;;/h2-17H2,1H3,(H,19,20);;1H3. The minimum Gasteiger partial charge on any atom is -0.550 e. The molecule has 0 aliphatic heterocycles. The van der Waals surface area contributed by atoms with Crippen molar-refractivity contribution in [2.45, 2.75) is 110 Å². The van der Waals surface area contributed by atoms with Crippen LogP contribution < -0.4 is 11.3 Å². The summed E-state index contributed by atoms with van der Waals surface area (Å²) in [6.07, 6.45) is 19.9. The van der Waals surface area contributed by atoms with Crippen LogP contribution in [-0.4, -0.2) is 43.7 Å². The van der Waals surface area contributed by atoms with E-state index in [-0.39, 0.29) is 50.3 Å². The monoisotopic (exact) mass is 341 g/mol. The molecule has 0 saturated heterocycles. The Balaban J connectivity index is -0.00000180. The van der Waals surface area contributed by atoms with Gasteiger partial charge in [0.05, 0.1) is 0 Å². The molecule has 4 heteroatoms. The van der Waals surface area contributed by atoms with E-state index in [1.165, 1.54) is 83.5 Å². The topological polar surface area (TPSA) is 76.6 Å². The summed E-state index contributed by atoms with van der Waals surface area (Å²) in [6, 6.07) is 0. The molecular weight excluding hydrogens is 302 g/mol. The van der Waals surface area contributed by atoms with E-state index < -0.39 is 5.97 Å². The first-order valence-corrected chi connectivity index (χ1v) is 8.97. The number of quaternary nitrogens is 1. The van der Waals surface area contributed by atoms with E-state index in [4.69, 9.17) is 0 Å². The van der Waals surface area contributed by atoms with Gasteiger partial charge in [0.2, 0.25) is 0 Å². The SMILES string of the molecule is CCCCCCCCCCCCCCCCCC(=O)[O-].[Ca].[NH4+]. The molecule has 0 aromatic rings. The number of carboxylic acids is 1. The summed E-state index contributed by atoms with van der Waals surface area (Å²) in [7, 11) is 0. The van der Waals surface area contributed by atoms with E-state index in [2.05, 4.69) is 6.92 Å². The summed E-state index contributed by atoms with van der Waals surface area (Å²) >= 11 is 0. The fraction of sp³-hybridized carbons (Fsp3) is 0.944. The van der Waals surface area contributed by atoms with Gasteiger partial charge < -0.3 is 16.1 Å². The van der Waals surface area contributed by atoms with Crippen LogP contribution in [0.2, 0.25) is 0 Å². The van der Waals surface area contributed by atoms with Crippen molar-refractivity contribution in [3.05, 3.63) is 0 Å². The van der Waals surface area contributed by atoms with Gasteiger partial charge in [0.15, 0.2) is 0 Å². The molecule has 22 heavy (non-hydrogen) atoms. The van der Waals surface area contributed by atoms with Gasteiger partial charge in [-0.2, -0.15) is 0 Å². The molecule has 0 bridgehead atoms. The Labute approximate surface area is 168 Å². The van der Waals surface area contributed by atoms with Crippen LogP contribution in [0.15, 0.2) is 0 Å². The Morgan fingerprint density at radius 3 is 1.18 bits per heavy atom. The van der Waals surface area contributed by atoms with Crippen molar-refractivity contribution < 1.29 is 9.90 Å². The van der Waals surface area contributed by atoms with Gasteiger partial charge in [0.25, 0.3) is 0 Å². The molecule has 0 amide bonds. The predicted octanol–water partition coefficient (Wildman–Crippen LogP) is 4.99. The van der Waals surface area contributed by atoms with Crippen LogP contribution in [0, 0.1) is 0 Å². The number of rotatable bonds is 16. The molecule has 2 radical (unpaired) electrons. The minimum atomic E-state index is -0.903. The maximum absolute atomic E-state index is 10.2. The molecule has 4 N–H and O–H groups in total. The summed E-state index contributed by atoms with van der Waals surface area (Å²) in [5.74, 6) is -0.903. The van der Waals surface area contributed by atoms with Crippen LogP contribution in [0.25, 0.3) is 0 Å². The smallest absolute Gasteiger partial charge is 0.0414 e. The molecule has 0 fully saturated rings. The third-order valence-corrected chi connectivity index (χ3v) is 3.98. The molecule has 3 nitrogen and oxygen atoms in total. The molecule has 0 unspecified atom stereocenters. The van der Waals surface area contributed by atoms with E-state index >= 15 is 0 Å².